The molecule has 2 aliphatic rings. The Morgan fingerprint density at radius 1 is 1.39 bits per heavy atom. The summed E-state index contributed by atoms with van der Waals surface area (Å²) < 4.78 is 43.7. The van der Waals surface area contributed by atoms with Crippen LogP contribution in [0.5, 0.6) is 5.75 Å². The zero-order chi connectivity index (χ0) is 16.4. The summed E-state index contributed by atoms with van der Waals surface area (Å²) >= 11 is 0. The van der Waals surface area contributed by atoms with Crippen LogP contribution in [0.4, 0.5) is 4.39 Å². The van der Waals surface area contributed by atoms with Crippen LogP contribution in [-0.2, 0) is 10.0 Å². The summed E-state index contributed by atoms with van der Waals surface area (Å²) in [7, 11) is -3.09. The Kier molecular flexibility index (Phi) is 4.89. The number of nitrogens with one attached hydrogen (secondary N) is 1. The Balaban J connectivity index is 1.63. The number of fused-ring (bicyclic) bond motifs is 1. The van der Waals surface area contributed by atoms with Crippen molar-refractivity contribution in [2.75, 3.05) is 32.5 Å². The van der Waals surface area contributed by atoms with E-state index in [0.29, 0.717) is 31.4 Å². The predicted octanol–water partition coefficient (Wildman–Crippen LogP) is 1.91. The fourth-order valence-corrected chi connectivity index (χ4v) is 4.25. The zero-order valence-corrected chi connectivity index (χ0v) is 14.1. The molecule has 7 heteroatoms. The topological polar surface area (TPSA) is 58.6 Å². The smallest absolute Gasteiger partial charge is 0.211 e. The van der Waals surface area contributed by atoms with Gasteiger partial charge in [-0.2, -0.15) is 0 Å². The molecule has 1 N–H and O–H groups in total. The van der Waals surface area contributed by atoms with E-state index < -0.39 is 10.0 Å². The Labute approximate surface area is 136 Å². The van der Waals surface area contributed by atoms with Crippen molar-refractivity contribution in [1.82, 2.24) is 9.62 Å². The lowest BCUT2D eigenvalue weighted by molar-refractivity contribution is 0.313. The molecule has 0 aromatic heterocycles. The second-order valence-corrected chi connectivity index (χ2v) is 8.39. The minimum Gasteiger partial charge on any atom is -0.493 e. The van der Waals surface area contributed by atoms with Gasteiger partial charge in [-0.3, -0.25) is 0 Å². The maximum atomic E-state index is 13.4. The average Bonchev–Trinajstić information content (AvgIpc) is 2.88. The largest absolute Gasteiger partial charge is 0.493 e. The first-order valence-corrected chi connectivity index (χ1v) is 9.89. The Morgan fingerprint density at radius 3 is 2.96 bits per heavy atom. The third-order valence-electron chi connectivity index (χ3n) is 4.62. The van der Waals surface area contributed by atoms with Gasteiger partial charge in [0.25, 0.3) is 0 Å². The summed E-state index contributed by atoms with van der Waals surface area (Å²) in [5.41, 5.74) is 0.988. The van der Waals surface area contributed by atoms with E-state index in [2.05, 4.69) is 5.32 Å². The van der Waals surface area contributed by atoms with Crippen molar-refractivity contribution < 1.29 is 17.5 Å². The molecule has 0 radical (unpaired) electrons. The summed E-state index contributed by atoms with van der Waals surface area (Å²) in [6, 6.07) is 4.81. The molecule has 3 rings (SSSR count). The van der Waals surface area contributed by atoms with Crippen LogP contribution in [0.3, 0.4) is 0 Å². The van der Waals surface area contributed by atoms with Gasteiger partial charge in [0.15, 0.2) is 0 Å². The Morgan fingerprint density at radius 2 is 2.22 bits per heavy atom. The number of hydrogen-bond acceptors (Lipinski definition) is 4. The maximum absolute atomic E-state index is 13.4. The van der Waals surface area contributed by atoms with Gasteiger partial charge in [-0.15, -0.1) is 0 Å². The SMILES string of the molecule is CS(=O)(=O)N1CC[C@@H](CN[C@@H]2CCCOc3cc(F)ccc32)C1. The van der Waals surface area contributed by atoms with Crippen molar-refractivity contribution in [2.24, 2.45) is 5.92 Å². The van der Waals surface area contributed by atoms with Crippen LogP contribution in [0, 0.1) is 11.7 Å². The molecular formula is C16H23FN2O3S. The fraction of sp³-hybridized carbons (Fsp3) is 0.625. The number of benzene rings is 1. The van der Waals surface area contributed by atoms with Crippen LogP contribution in [0.1, 0.15) is 30.9 Å². The molecule has 1 fully saturated rings. The molecule has 23 heavy (non-hydrogen) atoms. The van der Waals surface area contributed by atoms with E-state index >= 15 is 0 Å². The lowest BCUT2D eigenvalue weighted by Gasteiger charge is -2.21. The van der Waals surface area contributed by atoms with Crippen molar-refractivity contribution in [3.63, 3.8) is 0 Å². The highest BCUT2D eigenvalue weighted by atomic mass is 32.2. The lowest BCUT2D eigenvalue weighted by Crippen LogP contribution is -2.31. The third-order valence-corrected chi connectivity index (χ3v) is 5.89. The van der Waals surface area contributed by atoms with Gasteiger partial charge in [-0.1, -0.05) is 6.07 Å². The Bertz CT molecular complexity index is 665. The van der Waals surface area contributed by atoms with Crippen molar-refractivity contribution in [1.29, 1.82) is 0 Å². The molecule has 0 aliphatic carbocycles. The summed E-state index contributed by atoms with van der Waals surface area (Å²) in [6.07, 6.45) is 3.98. The maximum Gasteiger partial charge on any atom is 0.211 e. The van der Waals surface area contributed by atoms with Crippen LogP contribution < -0.4 is 10.1 Å². The standard InChI is InChI=1S/C16H23FN2O3S/c1-23(20,21)19-7-6-12(11-19)10-18-15-3-2-8-22-16-9-13(17)4-5-14(15)16/h4-5,9,12,15,18H,2-3,6-8,10-11H2,1H3/t12-,15+/m0/s1. The highest BCUT2D eigenvalue weighted by molar-refractivity contribution is 7.88. The molecule has 2 heterocycles. The van der Waals surface area contributed by atoms with E-state index in [0.717, 1.165) is 31.4 Å². The van der Waals surface area contributed by atoms with Crippen LogP contribution >= 0.6 is 0 Å². The number of halogens is 1. The van der Waals surface area contributed by atoms with E-state index in [9.17, 15) is 12.8 Å². The lowest BCUT2D eigenvalue weighted by atomic mass is 10.0. The van der Waals surface area contributed by atoms with Crippen LogP contribution in [0.25, 0.3) is 0 Å². The highest BCUT2D eigenvalue weighted by Gasteiger charge is 2.29. The summed E-state index contributed by atoms with van der Waals surface area (Å²) in [5, 5.41) is 3.53. The zero-order valence-electron chi connectivity index (χ0n) is 13.3. The fourth-order valence-electron chi connectivity index (χ4n) is 3.33. The quantitative estimate of drug-likeness (QED) is 0.908. The Hall–Kier alpha value is -1.18. The van der Waals surface area contributed by atoms with Gasteiger partial charge >= 0.3 is 0 Å². The molecule has 2 aliphatic heterocycles. The summed E-state index contributed by atoms with van der Waals surface area (Å²) in [6.45, 7) is 2.53. The normalized spacial score (nSPS) is 25.7. The van der Waals surface area contributed by atoms with Gasteiger partial charge in [-0.25, -0.2) is 17.1 Å². The number of nitrogens with zero attached hydrogens (tertiary/aromatic N) is 1. The van der Waals surface area contributed by atoms with E-state index in [4.69, 9.17) is 4.74 Å². The first-order valence-electron chi connectivity index (χ1n) is 8.04. The number of ether oxygens (including phenoxy) is 1. The van der Waals surface area contributed by atoms with Gasteiger partial charge in [0.1, 0.15) is 11.6 Å². The number of hydrogen-bond donors (Lipinski definition) is 1. The molecule has 2 atom stereocenters. The molecule has 5 nitrogen and oxygen atoms in total. The van der Waals surface area contributed by atoms with Gasteiger partial charge < -0.3 is 10.1 Å². The molecule has 128 valence electrons. The average molecular weight is 342 g/mol. The van der Waals surface area contributed by atoms with Gasteiger partial charge in [0.2, 0.25) is 10.0 Å². The molecule has 1 aromatic carbocycles. The molecule has 1 saturated heterocycles. The second-order valence-electron chi connectivity index (χ2n) is 6.41. The van der Waals surface area contributed by atoms with E-state index in [-0.39, 0.29) is 11.9 Å². The van der Waals surface area contributed by atoms with Gasteiger partial charge in [-0.05, 0) is 37.8 Å². The monoisotopic (exact) mass is 342 g/mol. The molecule has 0 bridgehead atoms. The minimum absolute atomic E-state index is 0.125. The molecule has 0 unspecified atom stereocenters. The minimum atomic E-state index is -3.09. The first kappa shape index (κ1) is 16.7. The number of sulfonamides is 1. The summed E-state index contributed by atoms with van der Waals surface area (Å²) in [4.78, 5) is 0. The van der Waals surface area contributed by atoms with Gasteiger partial charge in [0, 0.05) is 30.8 Å². The first-order chi connectivity index (χ1) is 10.9. The second kappa shape index (κ2) is 6.75. The third kappa shape index (κ3) is 4.02. The highest BCUT2D eigenvalue weighted by Crippen LogP contribution is 2.32. The molecule has 0 saturated carbocycles. The van der Waals surface area contributed by atoms with Crippen LogP contribution in [-0.4, -0.2) is 45.2 Å². The predicted molar refractivity (Wildman–Crippen MR) is 86.4 cm³/mol. The molecule has 0 spiro atoms. The van der Waals surface area contributed by atoms with Gasteiger partial charge in [0.05, 0.1) is 12.9 Å². The van der Waals surface area contributed by atoms with Crippen LogP contribution in [0.2, 0.25) is 0 Å². The van der Waals surface area contributed by atoms with E-state index in [1.54, 1.807) is 10.4 Å². The molecular weight excluding hydrogens is 319 g/mol. The molecule has 1 aromatic rings. The van der Waals surface area contributed by atoms with Crippen molar-refractivity contribution >= 4 is 10.0 Å². The van der Waals surface area contributed by atoms with Crippen LogP contribution in [0.15, 0.2) is 18.2 Å². The summed E-state index contributed by atoms with van der Waals surface area (Å²) in [5.74, 6) is 0.644. The van der Waals surface area contributed by atoms with Crippen molar-refractivity contribution in [3.05, 3.63) is 29.6 Å². The van der Waals surface area contributed by atoms with E-state index in [1.165, 1.54) is 18.4 Å². The van der Waals surface area contributed by atoms with Crippen molar-refractivity contribution in [3.8, 4) is 5.75 Å². The number of rotatable bonds is 4. The van der Waals surface area contributed by atoms with Crippen molar-refractivity contribution in [2.45, 2.75) is 25.3 Å². The van der Waals surface area contributed by atoms with E-state index in [1.807, 2.05) is 0 Å². The molecule has 0 amide bonds.